The topological polar surface area (TPSA) is 93.1 Å². The molecule has 0 bridgehead atoms. The van der Waals surface area contributed by atoms with E-state index in [0.717, 1.165) is 23.7 Å². The van der Waals surface area contributed by atoms with Gasteiger partial charge in [-0.25, -0.2) is 9.48 Å². The molecule has 1 fully saturated rings. The molecule has 0 aliphatic heterocycles. The average molecular weight is 305 g/mol. The summed E-state index contributed by atoms with van der Waals surface area (Å²) in [6.07, 6.45) is 2.98. The zero-order chi connectivity index (χ0) is 14.0. The normalized spacial score (nSPS) is 14.0. The number of urea groups is 1. The van der Waals surface area contributed by atoms with Crippen molar-refractivity contribution in [1.82, 2.24) is 20.4 Å². The van der Waals surface area contributed by atoms with Gasteiger partial charge in [0.2, 0.25) is 5.91 Å². The van der Waals surface area contributed by atoms with Crippen molar-refractivity contribution in [3.63, 3.8) is 0 Å². The van der Waals surface area contributed by atoms with E-state index in [1.165, 1.54) is 0 Å². The van der Waals surface area contributed by atoms with Crippen LogP contribution in [0.15, 0.2) is 11.0 Å². The number of hydrogen-bond donors (Lipinski definition) is 2. The molecule has 2 N–H and O–H groups in total. The largest absolute Gasteiger partial charge is 0.335 e. The number of carbonyl (C=O) groups excluding carboxylic acids is 2. The Balaban J connectivity index is 1.96. The first-order valence-corrected chi connectivity index (χ1v) is 6.24. The van der Waals surface area contributed by atoms with Gasteiger partial charge in [0.15, 0.2) is 0 Å². The minimum atomic E-state index is -0.688. The molecule has 0 unspecified atom stereocenters. The quantitative estimate of drug-likeness (QED) is 0.852. The maximum absolute atomic E-state index is 11.6. The van der Waals surface area contributed by atoms with Gasteiger partial charge in [0.25, 0.3) is 5.56 Å². The van der Waals surface area contributed by atoms with Gasteiger partial charge in [0, 0.05) is 6.04 Å². The van der Waals surface area contributed by atoms with Crippen LogP contribution < -0.4 is 16.2 Å². The molecule has 9 heteroatoms. The van der Waals surface area contributed by atoms with Crippen LogP contribution in [0.25, 0.3) is 0 Å². The van der Waals surface area contributed by atoms with Crippen LogP contribution in [0.4, 0.5) is 4.79 Å². The summed E-state index contributed by atoms with van der Waals surface area (Å²) in [4.78, 5) is 34.4. The van der Waals surface area contributed by atoms with Crippen LogP contribution in [0.3, 0.4) is 0 Å². The summed E-state index contributed by atoms with van der Waals surface area (Å²) < 4.78 is 0.827. The Morgan fingerprint density at radius 3 is 2.74 bits per heavy atom. The first kappa shape index (κ1) is 13.8. The fourth-order valence-electron chi connectivity index (χ4n) is 1.31. The van der Waals surface area contributed by atoms with Gasteiger partial charge in [0.05, 0.1) is 11.2 Å². The van der Waals surface area contributed by atoms with Gasteiger partial charge in [-0.3, -0.25) is 14.9 Å². The van der Waals surface area contributed by atoms with E-state index in [0.29, 0.717) is 0 Å². The Morgan fingerprint density at radius 1 is 1.42 bits per heavy atom. The minimum absolute atomic E-state index is 0.00908. The molecule has 1 aromatic heterocycles. The lowest BCUT2D eigenvalue weighted by molar-refractivity contribution is -0.120. The highest BCUT2D eigenvalue weighted by molar-refractivity contribution is 6.41. The SMILES string of the molecule is O=C(Cn1ncc(Cl)c(Cl)c1=O)NC(=O)NC1CC1. The second-order valence-corrected chi connectivity index (χ2v) is 4.85. The molecule has 0 atom stereocenters. The molecule has 3 amide bonds. The van der Waals surface area contributed by atoms with Crippen LogP contribution in [-0.4, -0.2) is 27.8 Å². The van der Waals surface area contributed by atoms with Gasteiger partial charge < -0.3 is 5.32 Å². The average Bonchev–Trinajstić information content (AvgIpc) is 3.13. The van der Waals surface area contributed by atoms with E-state index in [1.807, 2.05) is 0 Å². The zero-order valence-electron chi connectivity index (χ0n) is 9.65. The van der Waals surface area contributed by atoms with E-state index in [9.17, 15) is 14.4 Å². The van der Waals surface area contributed by atoms with E-state index in [1.54, 1.807) is 0 Å². The number of hydrogen-bond acceptors (Lipinski definition) is 4. The lowest BCUT2D eigenvalue weighted by atomic mass is 10.5. The number of imide groups is 1. The summed E-state index contributed by atoms with van der Waals surface area (Å²) in [5, 5.41) is 8.12. The van der Waals surface area contributed by atoms with Crippen molar-refractivity contribution < 1.29 is 9.59 Å². The molecular formula is C10H10Cl2N4O3. The van der Waals surface area contributed by atoms with Crippen LogP contribution in [0, 0.1) is 0 Å². The lowest BCUT2D eigenvalue weighted by Gasteiger charge is -2.07. The summed E-state index contributed by atoms with van der Waals surface area (Å²) in [6.45, 7) is -0.409. The Hall–Kier alpha value is -1.60. The van der Waals surface area contributed by atoms with Crippen molar-refractivity contribution >= 4 is 35.1 Å². The zero-order valence-corrected chi connectivity index (χ0v) is 11.2. The first-order chi connectivity index (χ1) is 8.97. The maximum atomic E-state index is 11.6. The molecule has 102 valence electrons. The van der Waals surface area contributed by atoms with Gasteiger partial charge in [-0.05, 0) is 12.8 Å². The summed E-state index contributed by atoms with van der Waals surface area (Å²) >= 11 is 11.2. The van der Waals surface area contributed by atoms with Crippen LogP contribution in [0.5, 0.6) is 0 Å². The number of rotatable bonds is 3. The molecule has 7 nitrogen and oxygen atoms in total. The predicted molar refractivity (Wildman–Crippen MR) is 68.2 cm³/mol. The molecule has 0 saturated heterocycles. The van der Waals surface area contributed by atoms with Gasteiger partial charge in [-0.1, -0.05) is 23.2 Å². The monoisotopic (exact) mass is 304 g/mol. The fraction of sp³-hybridized carbons (Fsp3) is 0.400. The molecule has 1 aliphatic rings. The van der Waals surface area contributed by atoms with Crippen molar-refractivity contribution in [3.05, 3.63) is 26.6 Å². The highest BCUT2D eigenvalue weighted by Crippen LogP contribution is 2.18. The summed E-state index contributed by atoms with van der Waals surface area (Å²) in [5.74, 6) is -0.661. The van der Waals surface area contributed by atoms with Crippen LogP contribution in [-0.2, 0) is 11.3 Å². The Kier molecular flexibility index (Phi) is 4.06. The van der Waals surface area contributed by atoms with Crippen molar-refractivity contribution in [2.45, 2.75) is 25.4 Å². The number of carbonyl (C=O) groups is 2. The third-order valence-corrected chi connectivity index (χ3v) is 3.15. The second kappa shape index (κ2) is 5.58. The van der Waals surface area contributed by atoms with Gasteiger partial charge in [-0.2, -0.15) is 5.10 Å². The predicted octanol–water partition coefficient (Wildman–Crippen LogP) is 0.538. The van der Waals surface area contributed by atoms with E-state index >= 15 is 0 Å². The number of nitrogens with zero attached hydrogens (tertiary/aromatic N) is 2. The molecule has 0 spiro atoms. The molecule has 19 heavy (non-hydrogen) atoms. The van der Waals surface area contributed by atoms with E-state index in [4.69, 9.17) is 23.2 Å². The second-order valence-electron chi connectivity index (χ2n) is 4.07. The Morgan fingerprint density at radius 2 is 2.11 bits per heavy atom. The molecule has 1 aromatic rings. The summed E-state index contributed by atoms with van der Waals surface area (Å²) in [6, 6.07) is -0.445. The Bertz CT molecular complexity index is 583. The standard InChI is InChI=1S/C10H10Cl2N4O3/c11-6-3-13-16(9(18)8(6)12)4-7(17)15-10(19)14-5-1-2-5/h3,5H,1-2,4H2,(H2,14,15,17,19). The molecule has 2 rings (SSSR count). The number of halogens is 2. The summed E-state index contributed by atoms with van der Waals surface area (Å²) in [7, 11) is 0. The van der Waals surface area contributed by atoms with E-state index in [-0.39, 0.29) is 16.1 Å². The molecule has 1 aliphatic carbocycles. The highest BCUT2D eigenvalue weighted by atomic mass is 35.5. The molecule has 1 saturated carbocycles. The first-order valence-electron chi connectivity index (χ1n) is 5.49. The maximum Gasteiger partial charge on any atom is 0.321 e. The minimum Gasteiger partial charge on any atom is -0.335 e. The van der Waals surface area contributed by atoms with Crippen molar-refractivity contribution in [3.8, 4) is 0 Å². The number of aromatic nitrogens is 2. The third-order valence-electron chi connectivity index (χ3n) is 2.40. The molecular weight excluding hydrogens is 295 g/mol. The fourth-order valence-corrected chi connectivity index (χ4v) is 1.58. The van der Waals surface area contributed by atoms with Crippen LogP contribution in [0.2, 0.25) is 10.0 Å². The molecule has 0 radical (unpaired) electrons. The van der Waals surface area contributed by atoms with Gasteiger partial charge >= 0.3 is 6.03 Å². The molecule has 0 aromatic carbocycles. The van der Waals surface area contributed by atoms with Gasteiger partial charge in [0.1, 0.15) is 11.6 Å². The third kappa shape index (κ3) is 3.68. The van der Waals surface area contributed by atoms with Crippen LogP contribution >= 0.6 is 23.2 Å². The van der Waals surface area contributed by atoms with Crippen molar-refractivity contribution in [2.75, 3.05) is 0 Å². The smallest absolute Gasteiger partial charge is 0.321 e. The number of nitrogens with one attached hydrogen (secondary N) is 2. The van der Waals surface area contributed by atoms with Gasteiger partial charge in [-0.15, -0.1) is 0 Å². The van der Waals surface area contributed by atoms with E-state index in [2.05, 4.69) is 15.7 Å². The van der Waals surface area contributed by atoms with E-state index < -0.39 is 24.0 Å². The Labute approximate surface area is 117 Å². The lowest BCUT2D eigenvalue weighted by Crippen LogP contribution is -2.43. The van der Waals surface area contributed by atoms with Crippen LogP contribution in [0.1, 0.15) is 12.8 Å². The molecule has 1 heterocycles. The summed E-state index contributed by atoms with van der Waals surface area (Å²) in [5.41, 5.74) is -0.688. The van der Waals surface area contributed by atoms with Crippen molar-refractivity contribution in [1.29, 1.82) is 0 Å². The number of amides is 3. The van der Waals surface area contributed by atoms with Crippen molar-refractivity contribution in [2.24, 2.45) is 0 Å². The highest BCUT2D eigenvalue weighted by Gasteiger charge is 2.24.